The van der Waals surface area contributed by atoms with Crippen molar-refractivity contribution in [2.24, 2.45) is 0 Å². The molecule has 1 unspecified atom stereocenters. The summed E-state index contributed by atoms with van der Waals surface area (Å²) < 4.78 is 13.1. The minimum absolute atomic E-state index is 0.228. The van der Waals surface area contributed by atoms with Gasteiger partial charge in [-0.1, -0.05) is 24.3 Å². The predicted molar refractivity (Wildman–Crippen MR) is 81.0 cm³/mol. The molecule has 0 bridgehead atoms. The lowest BCUT2D eigenvalue weighted by molar-refractivity contribution is 0.0952. The van der Waals surface area contributed by atoms with Gasteiger partial charge in [-0.15, -0.1) is 0 Å². The van der Waals surface area contributed by atoms with Crippen molar-refractivity contribution in [1.82, 2.24) is 5.32 Å². The number of halogens is 1. The van der Waals surface area contributed by atoms with Crippen molar-refractivity contribution in [2.75, 3.05) is 18.4 Å². The molecular formula is C17H17FN2O. The predicted octanol–water partition coefficient (Wildman–Crippen LogP) is 3.15. The van der Waals surface area contributed by atoms with Crippen LogP contribution in [-0.2, 0) is 0 Å². The highest BCUT2D eigenvalue weighted by molar-refractivity contribution is 5.94. The van der Waals surface area contributed by atoms with Gasteiger partial charge < -0.3 is 10.6 Å². The van der Waals surface area contributed by atoms with E-state index in [9.17, 15) is 9.18 Å². The van der Waals surface area contributed by atoms with Crippen LogP contribution in [0.25, 0.3) is 0 Å². The lowest BCUT2D eigenvalue weighted by Crippen LogP contribution is -2.26. The minimum Gasteiger partial charge on any atom is -0.384 e. The highest BCUT2D eigenvalue weighted by Crippen LogP contribution is 2.32. The van der Waals surface area contributed by atoms with Crippen molar-refractivity contribution < 1.29 is 9.18 Å². The molecule has 0 spiro atoms. The first-order valence-electron chi connectivity index (χ1n) is 7.10. The zero-order valence-electron chi connectivity index (χ0n) is 11.6. The van der Waals surface area contributed by atoms with Gasteiger partial charge in [0.15, 0.2) is 0 Å². The van der Waals surface area contributed by atoms with Crippen molar-refractivity contribution >= 4 is 11.6 Å². The fourth-order valence-corrected chi connectivity index (χ4v) is 2.71. The van der Waals surface area contributed by atoms with Crippen molar-refractivity contribution in [3.8, 4) is 0 Å². The molecule has 0 saturated heterocycles. The molecule has 108 valence electrons. The molecule has 1 heterocycles. The molecule has 0 radical (unpaired) electrons. The Hall–Kier alpha value is -2.36. The molecule has 0 aromatic heterocycles. The van der Waals surface area contributed by atoms with Crippen LogP contribution in [0.1, 0.15) is 28.3 Å². The Balaban J connectivity index is 1.54. The van der Waals surface area contributed by atoms with Crippen LogP contribution in [0.4, 0.5) is 10.1 Å². The van der Waals surface area contributed by atoms with Crippen molar-refractivity contribution in [3.05, 3.63) is 65.5 Å². The molecule has 0 aliphatic carbocycles. The normalized spacial score (nSPS) is 16.1. The van der Waals surface area contributed by atoms with Crippen molar-refractivity contribution in [2.45, 2.75) is 12.3 Å². The standard InChI is InChI=1S/C17H17FN2O/c18-14-5-3-4-12(10-14)17(21)19-9-8-13-11-20-16-7-2-1-6-15(13)16/h1-7,10,13,20H,8-9,11H2,(H,19,21). The second-order valence-electron chi connectivity index (χ2n) is 5.22. The second kappa shape index (κ2) is 5.95. The fourth-order valence-electron chi connectivity index (χ4n) is 2.71. The number of rotatable bonds is 4. The van der Waals surface area contributed by atoms with Crippen LogP contribution < -0.4 is 10.6 Å². The minimum atomic E-state index is -0.392. The number of fused-ring (bicyclic) bond motifs is 1. The Morgan fingerprint density at radius 2 is 2.10 bits per heavy atom. The van der Waals surface area contributed by atoms with Gasteiger partial charge >= 0.3 is 0 Å². The molecule has 1 aliphatic rings. The highest BCUT2D eigenvalue weighted by Gasteiger charge is 2.21. The highest BCUT2D eigenvalue weighted by atomic mass is 19.1. The SMILES string of the molecule is O=C(NCCC1CNc2ccccc21)c1cccc(F)c1. The molecule has 1 amide bonds. The smallest absolute Gasteiger partial charge is 0.251 e. The summed E-state index contributed by atoms with van der Waals surface area (Å²) >= 11 is 0. The maximum atomic E-state index is 13.1. The summed E-state index contributed by atoms with van der Waals surface area (Å²) in [4.78, 5) is 11.9. The van der Waals surface area contributed by atoms with E-state index in [0.717, 1.165) is 13.0 Å². The third-order valence-electron chi connectivity index (χ3n) is 3.80. The maximum Gasteiger partial charge on any atom is 0.251 e. The Labute approximate surface area is 123 Å². The molecule has 4 heteroatoms. The van der Waals surface area contributed by atoms with E-state index in [0.29, 0.717) is 18.0 Å². The van der Waals surface area contributed by atoms with E-state index in [4.69, 9.17) is 0 Å². The van der Waals surface area contributed by atoms with Gasteiger partial charge in [0.1, 0.15) is 5.82 Å². The lowest BCUT2D eigenvalue weighted by atomic mass is 9.98. The fraction of sp³-hybridized carbons (Fsp3) is 0.235. The summed E-state index contributed by atoms with van der Waals surface area (Å²) in [6.45, 7) is 1.48. The Morgan fingerprint density at radius 3 is 2.95 bits per heavy atom. The zero-order chi connectivity index (χ0) is 14.7. The molecule has 0 saturated carbocycles. The van der Waals surface area contributed by atoms with E-state index in [-0.39, 0.29) is 5.91 Å². The zero-order valence-corrected chi connectivity index (χ0v) is 11.6. The van der Waals surface area contributed by atoms with E-state index in [2.05, 4.69) is 22.8 Å². The summed E-state index contributed by atoms with van der Waals surface area (Å²) in [5.41, 5.74) is 2.84. The molecule has 0 fully saturated rings. The molecule has 2 aromatic carbocycles. The molecule has 2 aromatic rings. The first-order valence-corrected chi connectivity index (χ1v) is 7.10. The Kier molecular flexibility index (Phi) is 3.86. The largest absolute Gasteiger partial charge is 0.384 e. The van der Waals surface area contributed by atoms with Gasteiger partial charge in [-0.25, -0.2) is 4.39 Å². The molecule has 1 aliphatic heterocycles. The van der Waals surface area contributed by atoms with E-state index >= 15 is 0 Å². The summed E-state index contributed by atoms with van der Waals surface area (Å²) in [6, 6.07) is 14.0. The van der Waals surface area contributed by atoms with E-state index < -0.39 is 5.82 Å². The Morgan fingerprint density at radius 1 is 1.24 bits per heavy atom. The molecule has 3 nitrogen and oxygen atoms in total. The first-order chi connectivity index (χ1) is 10.2. The van der Waals surface area contributed by atoms with Gasteiger partial charge in [0, 0.05) is 30.3 Å². The Bertz CT molecular complexity index is 657. The van der Waals surface area contributed by atoms with Crippen LogP contribution in [0.2, 0.25) is 0 Å². The van der Waals surface area contributed by atoms with Crippen LogP contribution in [0.3, 0.4) is 0 Å². The summed E-state index contributed by atoms with van der Waals surface area (Å²) in [5.74, 6) is -0.209. The first kappa shape index (κ1) is 13.6. The van der Waals surface area contributed by atoms with Crippen LogP contribution in [0.5, 0.6) is 0 Å². The van der Waals surface area contributed by atoms with Crippen LogP contribution in [0.15, 0.2) is 48.5 Å². The van der Waals surface area contributed by atoms with E-state index in [1.165, 1.54) is 23.4 Å². The quantitative estimate of drug-likeness (QED) is 0.905. The van der Waals surface area contributed by atoms with Gasteiger partial charge in [0.05, 0.1) is 0 Å². The third kappa shape index (κ3) is 3.05. The van der Waals surface area contributed by atoms with Crippen LogP contribution >= 0.6 is 0 Å². The number of nitrogens with one attached hydrogen (secondary N) is 2. The number of amides is 1. The number of hydrogen-bond acceptors (Lipinski definition) is 2. The van der Waals surface area contributed by atoms with E-state index in [1.807, 2.05) is 12.1 Å². The topological polar surface area (TPSA) is 41.1 Å². The van der Waals surface area contributed by atoms with Crippen molar-refractivity contribution in [3.63, 3.8) is 0 Å². The average molecular weight is 284 g/mol. The summed E-state index contributed by atoms with van der Waals surface area (Å²) in [5, 5.41) is 6.22. The monoisotopic (exact) mass is 284 g/mol. The second-order valence-corrected chi connectivity index (χ2v) is 5.22. The van der Waals surface area contributed by atoms with Gasteiger partial charge in [-0.3, -0.25) is 4.79 Å². The van der Waals surface area contributed by atoms with Gasteiger partial charge in [0.2, 0.25) is 0 Å². The average Bonchev–Trinajstić information content (AvgIpc) is 2.91. The maximum absolute atomic E-state index is 13.1. The number of carbonyl (C=O) groups is 1. The molecule has 2 N–H and O–H groups in total. The van der Waals surface area contributed by atoms with Crippen LogP contribution in [0, 0.1) is 5.82 Å². The number of carbonyl (C=O) groups excluding carboxylic acids is 1. The summed E-state index contributed by atoms with van der Waals surface area (Å²) in [7, 11) is 0. The van der Waals surface area contributed by atoms with Crippen molar-refractivity contribution in [1.29, 1.82) is 0 Å². The lowest BCUT2D eigenvalue weighted by Gasteiger charge is -2.11. The molecular weight excluding hydrogens is 267 g/mol. The van der Waals surface area contributed by atoms with Gasteiger partial charge in [0.25, 0.3) is 5.91 Å². The summed E-state index contributed by atoms with van der Waals surface area (Å²) in [6.07, 6.45) is 0.866. The van der Waals surface area contributed by atoms with E-state index in [1.54, 1.807) is 12.1 Å². The number of para-hydroxylation sites is 1. The molecule has 3 rings (SSSR count). The number of anilines is 1. The van der Waals surface area contributed by atoms with Crippen LogP contribution in [-0.4, -0.2) is 19.0 Å². The van der Waals surface area contributed by atoms with Gasteiger partial charge in [-0.2, -0.15) is 0 Å². The molecule has 1 atom stereocenters. The van der Waals surface area contributed by atoms with Gasteiger partial charge in [-0.05, 0) is 36.2 Å². The third-order valence-corrected chi connectivity index (χ3v) is 3.80. The number of benzene rings is 2. The molecule has 21 heavy (non-hydrogen) atoms. The number of hydrogen-bond donors (Lipinski definition) is 2.